The van der Waals surface area contributed by atoms with E-state index in [1.807, 2.05) is 30.3 Å². The molecule has 2 fully saturated rings. The highest BCUT2D eigenvalue weighted by atomic mass is 35.5. The van der Waals surface area contributed by atoms with Gasteiger partial charge in [-0.2, -0.15) is 0 Å². The normalized spacial score (nSPS) is 19.2. The van der Waals surface area contributed by atoms with Crippen molar-refractivity contribution in [2.24, 2.45) is 4.99 Å². The molecule has 2 saturated carbocycles. The fraction of sp³-hybridized carbons (Fsp3) is 0.290. The van der Waals surface area contributed by atoms with Crippen molar-refractivity contribution in [3.63, 3.8) is 0 Å². The van der Waals surface area contributed by atoms with Crippen LogP contribution in [0.15, 0.2) is 88.4 Å². The summed E-state index contributed by atoms with van der Waals surface area (Å²) < 4.78 is 12.3. The van der Waals surface area contributed by atoms with Crippen molar-refractivity contribution in [2.75, 3.05) is 0 Å². The number of aliphatic imine (C=N–C) groups is 1. The molecular formula is C31H28Cl2N2O2. The Balaban J connectivity index is 1.21. The Bertz CT molecular complexity index is 1340. The Morgan fingerprint density at radius 3 is 2.11 bits per heavy atom. The highest BCUT2D eigenvalue weighted by Crippen LogP contribution is 2.46. The first-order valence-corrected chi connectivity index (χ1v) is 13.7. The summed E-state index contributed by atoms with van der Waals surface area (Å²) in [4.78, 5) is 5.23. The second kappa shape index (κ2) is 10.8. The molecule has 6 heteroatoms. The molecule has 2 aliphatic rings. The van der Waals surface area contributed by atoms with E-state index in [-0.39, 0.29) is 12.1 Å². The maximum Gasteiger partial charge on any atom is 0.145 e. The van der Waals surface area contributed by atoms with Gasteiger partial charge in [0.05, 0.1) is 34.5 Å². The van der Waals surface area contributed by atoms with Crippen LogP contribution in [-0.4, -0.2) is 23.0 Å². The van der Waals surface area contributed by atoms with Crippen LogP contribution in [0.3, 0.4) is 0 Å². The molecule has 0 amide bonds. The van der Waals surface area contributed by atoms with Crippen molar-refractivity contribution >= 4 is 28.9 Å². The number of hydrogen-bond acceptors (Lipinski definition) is 4. The summed E-state index contributed by atoms with van der Waals surface area (Å²) >= 11 is 13.0. The number of hydrogen-bond donors (Lipinski definition) is 0. The first-order chi connectivity index (χ1) is 18.2. The predicted octanol–water partition coefficient (Wildman–Crippen LogP) is 8.50. The molecule has 4 nitrogen and oxygen atoms in total. The van der Waals surface area contributed by atoms with E-state index in [4.69, 9.17) is 37.5 Å². The lowest BCUT2D eigenvalue weighted by molar-refractivity contribution is 0.0443. The summed E-state index contributed by atoms with van der Waals surface area (Å²) in [6, 6.07) is 26.5. The van der Waals surface area contributed by atoms with Crippen molar-refractivity contribution in [2.45, 2.75) is 56.8 Å². The maximum atomic E-state index is 6.51. The molecule has 1 aromatic heterocycles. The van der Waals surface area contributed by atoms with Gasteiger partial charge >= 0.3 is 0 Å². The molecule has 0 N–H and O–H groups in total. The molecule has 0 aliphatic heterocycles. The third-order valence-corrected chi connectivity index (χ3v) is 7.82. The third kappa shape index (κ3) is 5.38. The molecule has 0 unspecified atom stereocenters. The van der Waals surface area contributed by atoms with Crippen molar-refractivity contribution in [3.05, 3.63) is 111 Å². The van der Waals surface area contributed by atoms with Gasteiger partial charge in [-0.15, -0.1) is 0 Å². The van der Waals surface area contributed by atoms with E-state index in [1.54, 1.807) is 0 Å². The molecule has 188 valence electrons. The molecule has 0 bridgehead atoms. The zero-order valence-electron chi connectivity index (χ0n) is 20.4. The molecule has 6 rings (SSSR count). The first kappa shape index (κ1) is 24.4. The highest BCUT2D eigenvalue weighted by Gasteiger charge is 2.34. The third-order valence-electron chi connectivity index (χ3n) is 7.19. The van der Waals surface area contributed by atoms with Gasteiger partial charge in [-0.25, -0.2) is 0 Å². The van der Waals surface area contributed by atoms with Crippen LogP contribution in [0.1, 0.15) is 60.5 Å². The Morgan fingerprint density at radius 1 is 0.838 bits per heavy atom. The number of aromatic nitrogens is 1. The van der Waals surface area contributed by atoms with Crippen molar-refractivity contribution in [3.8, 4) is 11.3 Å². The SMILES string of the molecule is Clc1cccc(Cl)c1-c1noc(C2CC2)c1CO[C@H]1CC[C@@H](N=C(c2ccccc2)c2ccccc2)C1. The minimum Gasteiger partial charge on any atom is -0.373 e. The smallest absolute Gasteiger partial charge is 0.145 e. The van der Waals surface area contributed by atoms with Gasteiger partial charge in [0.2, 0.25) is 0 Å². The van der Waals surface area contributed by atoms with E-state index in [2.05, 4.69) is 53.7 Å². The second-order valence-corrected chi connectivity index (χ2v) is 10.7. The van der Waals surface area contributed by atoms with E-state index in [1.165, 1.54) is 0 Å². The van der Waals surface area contributed by atoms with Crippen LogP contribution in [0.5, 0.6) is 0 Å². The van der Waals surface area contributed by atoms with Gasteiger partial charge in [0, 0.05) is 28.2 Å². The van der Waals surface area contributed by atoms with Gasteiger partial charge < -0.3 is 9.26 Å². The van der Waals surface area contributed by atoms with Crippen molar-refractivity contribution in [1.82, 2.24) is 5.16 Å². The van der Waals surface area contributed by atoms with Crippen LogP contribution in [0.25, 0.3) is 11.3 Å². The second-order valence-electron chi connectivity index (χ2n) is 9.85. The number of benzene rings is 3. The number of rotatable bonds is 8. The zero-order valence-corrected chi connectivity index (χ0v) is 22.0. The van der Waals surface area contributed by atoms with Crippen LogP contribution in [0.2, 0.25) is 10.0 Å². The average Bonchev–Trinajstić information content (AvgIpc) is 3.53. The van der Waals surface area contributed by atoms with E-state index in [0.29, 0.717) is 33.8 Å². The predicted molar refractivity (Wildman–Crippen MR) is 149 cm³/mol. The Labute approximate surface area is 227 Å². The van der Waals surface area contributed by atoms with Crippen LogP contribution in [-0.2, 0) is 11.3 Å². The van der Waals surface area contributed by atoms with Crippen LogP contribution >= 0.6 is 23.2 Å². The molecular weight excluding hydrogens is 503 g/mol. The summed E-state index contributed by atoms with van der Waals surface area (Å²) in [6.45, 7) is 0.428. The van der Waals surface area contributed by atoms with Gasteiger partial charge in [-0.05, 0) is 44.2 Å². The van der Waals surface area contributed by atoms with E-state index >= 15 is 0 Å². The molecule has 0 radical (unpaired) electrons. The zero-order chi connectivity index (χ0) is 25.2. The monoisotopic (exact) mass is 530 g/mol. The van der Waals surface area contributed by atoms with Gasteiger partial charge in [0.15, 0.2) is 0 Å². The van der Waals surface area contributed by atoms with Crippen molar-refractivity contribution < 1.29 is 9.26 Å². The van der Waals surface area contributed by atoms with Crippen LogP contribution in [0.4, 0.5) is 0 Å². The standard InChI is InChI=1S/C31H28Cl2N2O2/c32-26-12-7-13-27(33)28(26)30-25(31(37-35-30)22-14-15-22)19-36-24-17-16-23(18-24)34-29(20-8-3-1-4-9-20)21-10-5-2-6-11-21/h1-13,22-24H,14-19H2/t23-,24+/m1/s1. The van der Waals surface area contributed by atoms with Gasteiger partial charge in [-0.3, -0.25) is 4.99 Å². The fourth-order valence-corrected chi connectivity index (χ4v) is 5.70. The molecule has 0 spiro atoms. The molecule has 37 heavy (non-hydrogen) atoms. The Hall–Kier alpha value is -2.92. The molecule has 2 atom stereocenters. The Morgan fingerprint density at radius 2 is 1.49 bits per heavy atom. The number of nitrogens with zero attached hydrogens (tertiary/aromatic N) is 2. The van der Waals surface area contributed by atoms with Crippen molar-refractivity contribution in [1.29, 1.82) is 0 Å². The van der Waals surface area contributed by atoms with E-state index in [9.17, 15) is 0 Å². The number of ether oxygens (including phenoxy) is 1. The lowest BCUT2D eigenvalue weighted by Gasteiger charge is -2.14. The Kier molecular flexibility index (Phi) is 7.14. The average molecular weight is 531 g/mol. The van der Waals surface area contributed by atoms with Crippen LogP contribution in [0, 0.1) is 0 Å². The molecule has 0 saturated heterocycles. The first-order valence-electron chi connectivity index (χ1n) is 12.9. The topological polar surface area (TPSA) is 47.6 Å². The van der Waals surface area contributed by atoms with Gasteiger partial charge in [0.25, 0.3) is 0 Å². The summed E-state index contributed by atoms with van der Waals surface area (Å²) in [6.07, 6.45) is 5.20. The largest absolute Gasteiger partial charge is 0.373 e. The number of halogens is 2. The molecule has 4 aromatic rings. The minimum atomic E-state index is 0.123. The highest BCUT2D eigenvalue weighted by molar-refractivity contribution is 6.39. The fourth-order valence-electron chi connectivity index (χ4n) is 5.13. The van der Waals surface area contributed by atoms with E-state index in [0.717, 1.165) is 60.3 Å². The van der Waals surface area contributed by atoms with Gasteiger partial charge in [0.1, 0.15) is 11.5 Å². The quantitative estimate of drug-likeness (QED) is 0.214. The lowest BCUT2D eigenvalue weighted by Crippen LogP contribution is -2.13. The lowest BCUT2D eigenvalue weighted by atomic mass is 10.0. The molecule has 3 aromatic carbocycles. The summed E-state index contributed by atoms with van der Waals surface area (Å²) in [7, 11) is 0. The molecule has 1 heterocycles. The maximum absolute atomic E-state index is 6.51. The van der Waals surface area contributed by atoms with E-state index < -0.39 is 0 Å². The van der Waals surface area contributed by atoms with Crippen LogP contribution < -0.4 is 0 Å². The summed E-state index contributed by atoms with van der Waals surface area (Å²) in [5.41, 5.74) is 5.69. The summed E-state index contributed by atoms with van der Waals surface area (Å²) in [5, 5.41) is 5.52. The molecule has 2 aliphatic carbocycles. The minimum absolute atomic E-state index is 0.123. The van der Waals surface area contributed by atoms with Gasteiger partial charge in [-0.1, -0.05) is 95.1 Å². The summed E-state index contributed by atoms with van der Waals surface area (Å²) in [5.74, 6) is 1.32.